The first-order chi connectivity index (χ1) is 18.4. The summed E-state index contributed by atoms with van der Waals surface area (Å²) in [6.07, 6.45) is 6.51. The Hall–Kier alpha value is -1.45. The highest BCUT2D eigenvalue weighted by Gasteiger charge is 2.66. The Kier molecular flexibility index (Phi) is 6.78. The van der Waals surface area contributed by atoms with E-state index in [0.717, 1.165) is 36.8 Å². The highest BCUT2D eigenvalue weighted by molar-refractivity contribution is 7.54. The third-order valence-corrected chi connectivity index (χ3v) is 15.0. The van der Waals surface area contributed by atoms with Crippen molar-refractivity contribution >= 4 is 7.60 Å². The summed E-state index contributed by atoms with van der Waals surface area (Å²) in [5, 5.41) is 3.68. The van der Waals surface area contributed by atoms with Gasteiger partial charge in [-0.15, -0.1) is 0 Å². The fourth-order valence-corrected chi connectivity index (χ4v) is 11.4. The molecule has 0 saturated heterocycles. The average Bonchev–Trinajstić information content (AvgIpc) is 3.42. The molecule has 0 radical (unpaired) electrons. The summed E-state index contributed by atoms with van der Waals surface area (Å²) >= 11 is 0. The molecule has 4 saturated carbocycles. The van der Waals surface area contributed by atoms with Crippen LogP contribution >= 0.6 is 7.60 Å². The van der Waals surface area contributed by atoms with Gasteiger partial charge < -0.3 is 9.05 Å². The summed E-state index contributed by atoms with van der Waals surface area (Å²) in [6, 6.07) is 20.6. The summed E-state index contributed by atoms with van der Waals surface area (Å²) in [5.41, 5.74) is 2.46. The lowest BCUT2D eigenvalue weighted by Gasteiger charge is -2.44. The van der Waals surface area contributed by atoms with Gasteiger partial charge in [0.25, 0.3) is 0 Å². The molecule has 4 nitrogen and oxygen atoms in total. The van der Waals surface area contributed by atoms with Crippen molar-refractivity contribution in [2.45, 2.75) is 105 Å². The molecule has 0 heterocycles. The largest absolute Gasteiger partial charge is 0.352 e. The maximum Gasteiger partial charge on any atom is 0.352 e. The van der Waals surface area contributed by atoms with Crippen molar-refractivity contribution in [3.63, 3.8) is 0 Å². The van der Waals surface area contributed by atoms with Gasteiger partial charge in [-0.25, -0.2) is 0 Å². The van der Waals surface area contributed by atoms with Crippen LogP contribution < -0.4 is 5.32 Å². The highest BCUT2D eigenvalue weighted by Crippen LogP contribution is 2.74. The maximum atomic E-state index is 15.6. The summed E-state index contributed by atoms with van der Waals surface area (Å²) in [6.45, 7) is 14.9. The van der Waals surface area contributed by atoms with Gasteiger partial charge in [0.15, 0.2) is 0 Å². The van der Waals surface area contributed by atoms with Gasteiger partial charge in [-0.3, -0.25) is 9.88 Å². The molecule has 0 aliphatic heterocycles. The lowest BCUT2D eigenvalue weighted by atomic mass is 9.70. The summed E-state index contributed by atoms with van der Waals surface area (Å²) < 4.78 is 29.7. The number of benzene rings is 2. The molecule has 4 aliphatic rings. The molecule has 212 valence electrons. The Morgan fingerprint density at radius 1 is 0.769 bits per heavy atom. The smallest absolute Gasteiger partial charge is 0.303 e. The number of fused-ring (bicyclic) bond motifs is 4. The van der Waals surface area contributed by atoms with E-state index in [-0.39, 0.29) is 33.9 Å². The third kappa shape index (κ3) is 4.23. The minimum absolute atomic E-state index is 0.00475. The quantitative estimate of drug-likeness (QED) is 0.317. The molecule has 4 bridgehead atoms. The Morgan fingerprint density at radius 3 is 1.64 bits per heavy atom. The van der Waals surface area contributed by atoms with Gasteiger partial charge in [-0.2, -0.15) is 0 Å². The van der Waals surface area contributed by atoms with Gasteiger partial charge >= 0.3 is 7.60 Å². The Labute approximate surface area is 236 Å². The molecule has 0 aromatic heterocycles. The summed E-state index contributed by atoms with van der Waals surface area (Å²) in [5.74, 6) is 0.676. The molecule has 4 fully saturated rings. The zero-order chi connectivity index (χ0) is 27.7. The third-order valence-electron chi connectivity index (χ3n) is 12.8. The molecule has 2 aromatic rings. The van der Waals surface area contributed by atoms with Crippen LogP contribution in [-0.4, -0.2) is 12.2 Å². The number of nitrogens with one attached hydrogen (secondary N) is 1. The highest BCUT2D eigenvalue weighted by atomic mass is 31.2. The predicted molar refractivity (Wildman–Crippen MR) is 158 cm³/mol. The van der Waals surface area contributed by atoms with E-state index < -0.39 is 13.4 Å². The van der Waals surface area contributed by atoms with Crippen LogP contribution in [0.5, 0.6) is 0 Å². The normalized spacial score (nSPS) is 38.1. The first-order valence-electron chi connectivity index (χ1n) is 15.2. The van der Waals surface area contributed by atoms with Crippen LogP contribution in [0.2, 0.25) is 0 Å². The van der Waals surface area contributed by atoms with Crippen molar-refractivity contribution in [1.29, 1.82) is 0 Å². The Balaban J connectivity index is 1.38. The number of hydrogen-bond acceptors (Lipinski definition) is 4. The van der Waals surface area contributed by atoms with E-state index in [1.807, 2.05) is 24.3 Å². The topological polar surface area (TPSA) is 47.6 Å². The SMILES string of the molecule is CC1(C)[C@@H]2CC[C@@]1(C)[C@@H](OP(=O)(O[C@@H]1C[C@@H]3CC[C@]1(C)C3(C)C)[C@H](NCc1ccccc1)c1ccccc1)C2. The molecule has 5 heteroatoms. The molecule has 0 amide bonds. The molecule has 1 N–H and O–H groups in total. The molecule has 4 aliphatic carbocycles. The van der Waals surface area contributed by atoms with E-state index in [2.05, 4.69) is 83.3 Å². The van der Waals surface area contributed by atoms with E-state index in [1.165, 1.54) is 12.8 Å². The Bertz CT molecular complexity index is 1180. The average molecular weight is 550 g/mol. The molecule has 8 atom stereocenters. The van der Waals surface area contributed by atoms with E-state index in [4.69, 9.17) is 9.05 Å². The number of rotatable bonds is 9. The molecular weight excluding hydrogens is 501 g/mol. The lowest BCUT2D eigenvalue weighted by Crippen LogP contribution is -2.40. The fraction of sp³-hybridized carbons (Fsp3) is 0.647. The van der Waals surface area contributed by atoms with Crippen LogP contribution in [0.3, 0.4) is 0 Å². The van der Waals surface area contributed by atoms with Gasteiger partial charge in [0.1, 0.15) is 5.78 Å². The summed E-state index contributed by atoms with van der Waals surface area (Å²) in [4.78, 5) is 0. The van der Waals surface area contributed by atoms with Crippen LogP contribution in [0.4, 0.5) is 0 Å². The number of hydrogen-bond donors (Lipinski definition) is 1. The molecule has 39 heavy (non-hydrogen) atoms. The second kappa shape index (κ2) is 9.55. The lowest BCUT2D eigenvalue weighted by molar-refractivity contribution is -0.0174. The van der Waals surface area contributed by atoms with Crippen LogP contribution in [0, 0.1) is 33.5 Å². The van der Waals surface area contributed by atoms with Crippen molar-refractivity contribution in [2.24, 2.45) is 33.5 Å². The first-order valence-corrected chi connectivity index (χ1v) is 16.8. The molecule has 0 spiro atoms. The fourth-order valence-electron chi connectivity index (χ4n) is 8.94. The minimum atomic E-state index is -3.66. The van der Waals surface area contributed by atoms with E-state index in [0.29, 0.717) is 18.4 Å². The van der Waals surface area contributed by atoms with Gasteiger partial charge in [0.05, 0.1) is 12.2 Å². The van der Waals surface area contributed by atoms with Crippen LogP contribution in [-0.2, 0) is 20.2 Å². The van der Waals surface area contributed by atoms with E-state index in [9.17, 15) is 0 Å². The summed E-state index contributed by atoms with van der Waals surface area (Å²) in [7, 11) is -3.66. The second-order valence-corrected chi connectivity index (χ2v) is 16.6. The minimum Gasteiger partial charge on any atom is -0.303 e. The van der Waals surface area contributed by atoms with Gasteiger partial charge in [-0.05, 0) is 83.1 Å². The van der Waals surface area contributed by atoms with E-state index >= 15 is 4.57 Å². The van der Waals surface area contributed by atoms with Crippen molar-refractivity contribution in [3.8, 4) is 0 Å². The maximum absolute atomic E-state index is 15.6. The van der Waals surface area contributed by atoms with Crippen molar-refractivity contribution < 1.29 is 13.6 Å². The van der Waals surface area contributed by atoms with Crippen LogP contribution in [0.15, 0.2) is 60.7 Å². The monoisotopic (exact) mass is 549 g/mol. The molecular formula is C34H48NO3P. The zero-order valence-corrected chi connectivity index (χ0v) is 25.7. The van der Waals surface area contributed by atoms with Gasteiger partial charge in [0, 0.05) is 6.54 Å². The van der Waals surface area contributed by atoms with Gasteiger partial charge in [-0.1, -0.05) is 102 Å². The predicted octanol–water partition coefficient (Wildman–Crippen LogP) is 9.13. The standard InChI is InChI=1S/C34H48NO3P/c1-31(2)26-17-19-33(31,5)28(21-26)37-39(36,38-29-22-27-18-20-34(29,6)32(27,3)4)30(25-15-11-8-12-16-25)35-23-24-13-9-7-10-14-24/h7-16,26-30,35H,17-23H2,1-6H3/t26-,27+,28+,29-,30-,33-,34-,39?/m0/s1. The van der Waals surface area contributed by atoms with Crippen LogP contribution in [0.25, 0.3) is 0 Å². The molecule has 6 rings (SSSR count). The van der Waals surface area contributed by atoms with E-state index in [1.54, 1.807) is 0 Å². The first kappa shape index (κ1) is 27.7. The zero-order valence-electron chi connectivity index (χ0n) is 24.8. The van der Waals surface area contributed by atoms with Gasteiger partial charge in [0.2, 0.25) is 0 Å². The van der Waals surface area contributed by atoms with Crippen LogP contribution in [0.1, 0.15) is 97.0 Å². The van der Waals surface area contributed by atoms with Crippen molar-refractivity contribution in [3.05, 3.63) is 71.8 Å². The molecule has 1 unspecified atom stereocenters. The Morgan fingerprint density at radius 2 is 1.23 bits per heavy atom. The van der Waals surface area contributed by atoms with Crippen molar-refractivity contribution in [2.75, 3.05) is 0 Å². The second-order valence-electron chi connectivity index (χ2n) is 14.6. The molecule has 2 aromatic carbocycles. The van der Waals surface area contributed by atoms with Crippen molar-refractivity contribution in [1.82, 2.24) is 5.32 Å².